The first-order valence-electron chi connectivity index (χ1n) is 5.34. The van der Waals surface area contributed by atoms with Gasteiger partial charge in [-0.15, -0.1) is 12.3 Å². The van der Waals surface area contributed by atoms with E-state index in [0.29, 0.717) is 13.2 Å². The molecule has 6 heteroatoms. The van der Waals surface area contributed by atoms with Gasteiger partial charge >= 0.3 is 5.97 Å². The van der Waals surface area contributed by atoms with Gasteiger partial charge < -0.3 is 20.9 Å². The average Bonchev–Trinajstić information content (AvgIpc) is 2.30. The van der Waals surface area contributed by atoms with Crippen molar-refractivity contribution in [1.29, 1.82) is 0 Å². The number of amides is 1. The van der Waals surface area contributed by atoms with Gasteiger partial charge in [0.2, 0.25) is 5.91 Å². The monoisotopic (exact) mass is 240 g/mol. The van der Waals surface area contributed by atoms with Crippen LogP contribution in [0.4, 0.5) is 0 Å². The maximum Gasteiger partial charge on any atom is 0.329 e. The molecule has 0 aromatic heterocycles. The first-order chi connectivity index (χ1) is 8.02. The SMILES string of the molecule is C#CCC(N)C(=O)NC1(C(=O)O)CCOCC1. The van der Waals surface area contributed by atoms with Crippen LogP contribution in [0.15, 0.2) is 0 Å². The highest BCUT2D eigenvalue weighted by Crippen LogP contribution is 2.21. The number of hydrogen-bond donors (Lipinski definition) is 3. The van der Waals surface area contributed by atoms with E-state index in [4.69, 9.17) is 16.9 Å². The maximum atomic E-state index is 11.7. The predicted molar refractivity (Wildman–Crippen MR) is 60.0 cm³/mol. The molecule has 1 heterocycles. The highest BCUT2D eigenvalue weighted by Gasteiger charge is 2.42. The fourth-order valence-corrected chi connectivity index (χ4v) is 1.66. The lowest BCUT2D eigenvalue weighted by Gasteiger charge is -2.34. The first kappa shape index (κ1) is 13.5. The predicted octanol–water partition coefficient (Wildman–Crippen LogP) is -0.913. The Morgan fingerprint density at radius 3 is 2.59 bits per heavy atom. The third kappa shape index (κ3) is 3.19. The van der Waals surface area contributed by atoms with Crippen molar-refractivity contribution in [2.75, 3.05) is 13.2 Å². The van der Waals surface area contributed by atoms with Crippen molar-refractivity contribution in [3.63, 3.8) is 0 Å². The molecule has 1 aliphatic heterocycles. The van der Waals surface area contributed by atoms with E-state index in [-0.39, 0.29) is 19.3 Å². The first-order valence-corrected chi connectivity index (χ1v) is 5.34. The molecule has 4 N–H and O–H groups in total. The van der Waals surface area contributed by atoms with E-state index in [2.05, 4.69) is 11.2 Å². The van der Waals surface area contributed by atoms with Crippen molar-refractivity contribution in [1.82, 2.24) is 5.32 Å². The largest absolute Gasteiger partial charge is 0.480 e. The molecule has 17 heavy (non-hydrogen) atoms. The molecule has 1 amide bonds. The maximum absolute atomic E-state index is 11.7. The number of nitrogens with one attached hydrogen (secondary N) is 1. The highest BCUT2D eigenvalue weighted by molar-refractivity contribution is 5.89. The molecule has 0 aliphatic carbocycles. The number of aliphatic carboxylic acids is 1. The molecule has 1 atom stereocenters. The summed E-state index contributed by atoms with van der Waals surface area (Å²) in [5.74, 6) is 0.667. The minimum absolute atomic E-state index is 0.0814. The summed E-state index contributed by atoms with van der Waals surface area (Å²) >= 11 is 0. The normalized spacial score (nSPS) is 20.0. The number of carbonyl (C=O) groups excluding carboxylic acids is 1. The van der Waals surface area contributed by atoms with Gasteiger partial charge in [0.1, 0.15) is 5.54 Å². The van der Waals surface area contributed by atoms with Crippen LogP contribution in [-0.4, -0.2) is 41.8 Å². The van der Waals surface area contributed by atoms with Gasteiger partial charge in [0.15, 0.2) is 0 Å². The summed E-state index contributed by atoms with van der Waals surface area (Å²) < 4.78 is 5.09. The van der Waals surface area contributed by atoms with E-state index < -0.39 is 23.5 Å². The Kier molecular flexibility index (Phi) is 4.49. The van der Waals surface area contributed by atoms with E-state index in [0.717, 1.165) is 0 Å². The number of terminal acetylenes is 1. The Bertz CT molecular complexity index is 342. The molecule has 1 aliphatic rings. The number of rotatable bonds is 4. The quantitative estimate of drug-likeness (QED) is 0.552. The van der Waals surface area contributed by atoms with Crippen molar-refractivity contribution in [2.24, 2.45) is 5.73 Å². The topological polar surface area (TPSA) is 102 Å². The number of carboxylic acid groups (broad SMARTS) is 1. The van der Waals surface area contributed by atoms with Crippen LogP contribution in [0.25, 0.3) is 0 Å². The summed E-state index contributed by atoms with van der Waals surface area (Å²) in [6.07, 6.45) is 5.59. The lowest BCUT2D eigenvalue weighted by atomic mass is 9.89. The molecule has 6 nitrogen and oxygen atoms in total. The molecule has 94 valence electrons. The minimum Gasteiger partial charge on any atom is -0.480 e. The molecule has 1 fully saturated rings. The fourth-order valence-electron chi connectivity index (χ4n) is 1.66. The van der Waals surface area contributed by atoms with Gasteiger partial charge in [-0.3, -0.25) is 4.79 Å². The Hall–Kier alpha value is -1.58. The Labute approximate surface area is 99.5 Å². The minimum atomic E-state index is -1.28. The molecule has 0 bridgehead atoms. The summed E-state index contributed by atoms with van der Waals surface area (Å²) in [4.78, 5) is 22.9. The van der Waals surface area contributed by atoms with Gasteiger partial charge in [-0.25, -0.2) is 4.79 Å². The molecule has 0 radical (unpaired) electrons. The highest BCUT2D eigenvalue weighted by atomic mass is 16.5. The Morgan fingerprint density at radius 1 is 1.53 bits per heavy atom. The molecule has 0 saturated carbocycles. The van der Waals surface area contributed by atoms with Gasteiger partial charge in [-0.05, 0) is 0 Å². The zero-order chi connectivity index (χ0) is 12.9. The third-order valence-corrected chi connectivity index (χ3v) is 2.79. The molecule has 1 rings (SSSR count). The van der Waals surface area contributed by atoms with Crippen molar-refractivity contribution in [2.45, 2.75) is 30.8 Å². The van der Waals surface area contributed by atoms with Crippen LogP contribution in [0.3, 0.4) is 0 Å². The van der Waals surface area contributed by atoms with Crippen LogP contribution >= 0.6 is 0 Å². The van der Waals surface area contributed by atoms with Crippen LogP contribution in [-0.2, 0) is 14.3 Å². The standard InChI is InChI=1S/C11H16N2O4/c1-2-3-8(12)9(14)13-11(10(15)16)4-6-17-7-5-11/h1,8H,3-7,12H2,(H,13,14)(H,15,16). The second-order valence-electron chi connectivity index (χ2n) is 4.00. The van der Waals surface area contributed by atoms with Crippen LogP contribution < -0.4 is 11.1 Å². The summed E-state index contributed by atoms with van der Waals surface area (Å²) in [5, 5.41) is 11.7. The lowest BCUT2D eigenvalue weighted by molar-refractivity contribution is -0.152. The zero-order valence-electron chi connectivity index (χ0n) is 9.44. The van der Waals surface area contributed by atoms with Gasteiger partial charge in [-0.2, -0.15) is 0 Å². The van der Waals surface area contributed by atoms with E-state index >= 15 is 0 Å². The number of ether oxygens (including phenoxy) is 1. The molecule has 1 unspecified atom stereocenters. The van der Waals surface area contributed by atoms with Crippen molar-refractivity contribution in [3.8, 4) is 12.3 Å². The molecule has 0 aromatic rings. The van der Waals surface area contributed by atoms with E-state index in [1.165, 1.54) is 0 Å². The summed E-state index contributed by atoms with van der Waals surface area (Å²) in [5.41, 5.74) is 4.25. The summed E-state index contributed by atoms with van der Waals surface area (Å²) in [7, 11) is 0. The Balaban J connectivity index is 2.70. The number of nitrogens with two attached hydrogens (primary N) is 1. The number of carboxylic acids is 1. The van der Waals surface area contributed by atoms with E-state index in [9.17, 15) is 14.7 Å². The second-order valence-corrected chi connectivity index (χ2v) is 4.00. The van der Waals surface area contributed by atoms with Gasteiger partial charge in [0.05, 0.1) is 6.04 Å². The molecule has 0 aromatic carbocycles. The van der Waals surface area contributed by atoms with Crippen molar-refractivity contribution >= 4 is 11.9 Å². The second kappa shape index (κ2) is 5.66. The lowest BCUT2D eigenvalue weighted by Crippen LogP contribution is -2.60. The number of hydrogen-bond acceptors (Lipinski definition) is 4. The van der Waals surface area contributed by atoms with E-state index in [1.54, 1.807) is 0 Å². The van der Waals surface area contributed by atoms with Crippen molar-refractivity contribution < 1.29 is 19.4 Å². The zero-order valence-corrected chi connectivity index (χ0v) is 9.44. The Morgan fingerprint density at radius 2 is 2.12 bits per heavy atom. The molecular weight excluding hydrogens is 224 g/mol. The van der Waals surface area contributed by atoms with Crippen LogP contribution in [0.1, 0.15) is 19.3 Å². The van der Waals surface area contributed by atoms with Crippen LogP contribution in [0, 0.1) is 12.3 Å². The fraction of sp³-hybridized carbons (Fsp3) is 0.636. The molecule has 0 spiro atoms. The average molecular weight is 240 g/mol. The van der Waals surface area contributed by atoms with Gasteiger partial charge in [0, 0.05) is 32.5 Å². The van der Waals surface area contributed by atoms with E-state index in [1.807, 2.05) is 0 Å². The van der Waals surface area contributed by atoms with Crippen molar-refractivity contribution in [3.05, 3.63) is 0 Å². The smallest absolute Gasteiger partial charge is 0.329 e. The van der Waals surface area contributed by atoms with Gasteiger partial charge in [0.25, 0.3) is 0 Å². The summed E-state index contributed by atoms with van der Waals surface area (Å²) in [6.45, 7) is 0.605. The summed E-state index contributed by atoms with van der Waals surface area (Å²) in [6, 6.07) is -0.876. The third-order valence-electron chi connectivity index (χ3n) is 2.79. The van der Waals surface area contributed by atoms with Crippen LogP contribution in [0.2, 0.25) is 0 Å². The number of carbonyl (C=O) groups is 2. The van der Waals surface area contributed by atoms with Gasteiger partial charge in [-0.1, -0.05) is 0 Å². The molecular formula is C11H16N2O4. The van der Waals surface area contributed by atoms with Crippen LogP contribution in [0.5, 0.6) is 0 Å². The molecule has 1 saturated heterocycles.